The van der Waals surface area contributed by atoms with Crippen molar-refractivity contribution in [2.24, 2.45) is 5.92 Å². The summed E-state index contributed by atoms with van der Waals surface area (Å²) in [6.45, 7) is 7.55. The second-order valence-corrected chi connectivity index (χ2v) is 2.82. The Kier molecular flexibility index (Phi) is 3.55. The zero-order valence-electron chi connectivity index (χ0n) is 5.78. The molecular weight excluding hydrogens is 136 g/mol. The first kappa shape index (κ1) is 8.70. The number of hydrogen-bond acceptors (Lipinski definition) is 1. The Labute approximate surface area is 60.7 Å². The molecule has 0 aliphatic carbocycles. The lowest BCUT2D eigenvalue weighted by molar-refractivity contribution is -0.108. The van der Waals surface area contributed by atoms with Crippen molar-refractivity contribution >= 4 is 16.8 Å². The van der Waals surface area contributed by atoms with E-state index in [0.717, 1.165) is 0 Å². The van der Waals surface area contributed by atoms with Gasteiger partial charge >= 0.3 is 0 Å². The molecule has 0 saturated carbocycles. The first-order valence-corrected chi connectivity index (χ1v) is 3.29. The molecule has 0 radical (unpaired) electrons. The lowest BCUT2D eigenvalue weighted by atomic mass is 10.1. The normalized spacial score (nSPS) is 9.78. The summed E-state index contributed by atoms with van der Waals surface area (Å²) in [6, 6.07) is 0. The van der Waals surface area contributed by atoms with Gasteiger partial charge in [0, 0.05) is 5.57 Å². The van der Waals surface area contributed by atoms with Crippen LogP contribution in [0, 0.1) is 5.92 Å². The predicted molar refractivity (Wildman–Crippen MR) is 39.5 cm³/mol. The van der Waals surface area contributed by atoms with Crippen LogP contribution >= 0.6 is 11.6 Å². The molecule has 0 aromatic carbocycles. The van der Waals surface area contributed by atoms with Gasteiger partial charge in [-0.25, -0.2) is 0 Å². The van der Waals surface area contributed by atoms with E-state index in [1.165, 1.54) is 0 Å². The van der Waals surface area contributed by atoms with Gasteiger partial charge in [-0.05, 0) is 23.9 Å². The molecule has 0 fully saturated rings. The molecule has 0 aliphatic rings. The molecule has 0 aromatic rings. The van der Waals surface area contributed by atoms with E-state index in [-0.39, 0.29) is 0 Å². The smallest absolute Gasteiger partial charge is 0.247 e. The van der Waals surface area contributed by atoms with Gasteiger partial charge < -0.3 is 0 Å². The lowest BCUT2D eigenvalue weighted by Gasteiger charge is -2.01. The van der Waals surface area contributed by atoms with E-state index in [1.54, 1.807) is 0 Å². The minimum atomic E-state index is -0.413. The average molecular weight is 147 g/mol. The van der Waals surface area contributed by atoms with E-state index in [4.69, 9.17) is 11.6 Å². The third-order valence-electron chi connectivity index (χ3n) is 0.933. The highest BCUT2D eigenvalue weighted by atomic mass is 35.5. The molecule has 52 valence electrons. The Morgan fingerprint density at radius 1 is 1.67 bits per heavy atom. The van der Waals surface area contributed by atoms with Crippen LogP contribution in [0.25, 0.3) is 0 Å². The van der Waals surface area contributed by atoms with E-state index in [9.17, 15) is 4.79 Å². The van der Waals surface area contributed by atoms with Crippen LogP contribution in [0.3, 0.4) is 0 Å². The van der Waals surface area contributed by atoms with Crippen molar-refractivity contribution in [3.63, 3.8) is 0 Å². The fraction of sp³-hybridized carbons (Fsp3) is 0.571. The molecule has 9 heavy (non-hydrogen) atoms. The summed E-state index contributed by atoms with van der Waals surface area (Å²) in [6.07, 6.45) is 0.697. The summed E-state index contributed by atoms with van der Waals surface area (Å²) in [5, 5.41) is -0.413. The Hall–Kier alpha value is -0.300. The molecule has 0 N–H and O–H groups in total. The van der Waals surface area contributed by atoms with Crippen molar-refractivity contribution in [3.8, 4) is 0 Å². The van der Waals surface area contributed by atoms with Gasteiger partial charge in [0.15, 0.2) is 0 Å². The zero-order valence-corrected chi connectivity index (χ0v) is 6.53. The number of rotatable bonds is 3. The quantitative estimate of drug-likeness (QED) is 0.441. The minimum Gasteiger partial charge on any atom is -0.276 e. The van der Waals surface area contributed by atoms with Gasteiger partial charge in [-0.2, -0.15) is 0 Å². The maximum atomic E-state index is 10.3. The van der Waals surface area contributed by atoms with Crippen molar-refractivity contribution < 1.29 is 4.79 Å². The number of hydrogen-bond donors (Lipinski definition) is 0. The fourth-order valence-corrected chi connectivity index (χ4v) is 0.650. The monoisotopic (exact) mass is 146 g/mol. The molecule has 0 unspecified atom stereocenters. The van der Waals surface area contributed by atoms with Gasteiger partial charge in [0.2, 0.25) is 5.24 Å². The fourth-order valence-electron chi connectivity index (χ4n) is 0.573. The lowest BCUT2D eigenvalue weighted by Crippen LogP contribution is -1.96. The molecule has 1 nitrogen and oxygen atoms in total. The SMILES string of the molecule is C=C(CC(C)C)C(=O)Cl. The number of carbonyl (C=O) groups excluding carboxylic acids is 1. The standard InChI is InChI=1S/C7H11ClO/c1-5(2)4-6(3)7(8)9/h5H,3-4H2,1-2H3. The molecule has 0 heterocycles. The van der Waals surface area contributed by atoms with Crippen LogP contribution in [0.15, 0.2) is 12.2 Å². The maximum absolute atomic E-state index is 10.3. The van der Waals surface area contributed by atoms with Gasteiger partial charge in [-0.15, -0.1) is 0 Å². The van der Waals surface area contributed by atoms with Gasteiger partial charge in [0.25, 0.3) is 0 Å². The molecule has 0 atom stereocenters. The largest absolute Gasteiger partial charge is 0.276 e. The molecular formula is C7H11ClO. The molecule has 0 spiro atoms. The van der Waals surface area contributed by atoms with Crippen molar-refractivity contribution in [2.45, 2.75) is 20.3 Å². The summed E-state index contributed by atoms with van der Waals surface area (Å²) in [5.74, 6) is 0.459. The number of carbonyl (C=O) groups is 1. The molecule has 0 saturated heterocycles. The van der Waals surface area contributed by atoms with Gasteiger partial charge in [0.05, 0.1) is 0 Å². The highest BCUT2D eigenvalue weighted by Gasteiger charge is 2.03. The Morgan fingerprint density at radius 2 is 2.11 bits per heavy atom. The summed E-state index contributed by atoms with van der Waals surface area (Å²) < 4.78 is 0. The maximum Gasteiger partial charge on any atom is 0.247 e. The first-order chi connectivity index (χ1) is 4.04. The molecule has 0 aromatic heterocycles. The van der Waals surface area contributed by atoms with Crippen LogP contribution in [-0.2, 0) is 4.79 Å². The summed E-state index contributed by atoms with van der Waals surface area (Å²) >= 11 is 5.13. The van der Waals surface area contributed by atoms with Crippen LogP contribution in [0.5, 0.6) is 0 Å². The van der Waals surface area contributed by atoms with Gasteiger partial charge in [-0.3, -0.25) is 4.79 Å². The van der Waals surface area contributed by atoms with Crippen molar-refractivity contribution in [1.82, 2.24) is 0 Å². The molecule has 2 heteroatoms. The Balaban J connectivity index is 3.65. The second kappa shape index (κ2) is 3.67. The number of allylic oxidation sites excluding steroid dienone is 1. The Morgan fingerprint density at radius 3 is 2.22 bits per heavy atom. The summed E-state index contributed by atoms with van der Waals surface area (Å²) in [4.78, 5) is 10.3. The van der Waals surface area contributed by atoms with Crippen LogP contribution in [0.1, 0.15) is 20.3 Å². The highest BCUT2D eigenvalue weighted by molar-refractivity contribution is 6.67. The van der Waals surface area contributed by atoms with Crippen molar-refractivity contribution in [2.75, 3.05) is 0 Å². The van der Waals surface area contributed by atoms with Crippen LogP contribution < -0.4 is 0 Å². The molecule has 0 amide bonds. The van der Waals surface area contributed by atoms with Crippen molar-refractivity contribution in [1.29, 1.82) is 0 Å². The third kappa shape index (κ3) is 4.22. The van der Waals surface area contributed by atoms with Crippen molar-refractivity contribution in [3.05, 3.63) is 12.2 Å². The van der Waals surface area contributed by atoms with E-state index in [2.05, 4.69) is 6.58 Å². The van der Waals surface area contributed by atoms with Gasteiger partial charge in [0.1, 0.15) is 0 Å². The molecule has 0 aliphatic heterocycles. The predicted octanol–water partition coefficient (Wildman–Crippen LogP) is 2.35. The van der Waals surface area contributed by atoms with Gasteiger partial charge in [-0.1, -0.05) is 20.4 Å². The average Bonchev–Trinajstić information content (AvgIpc) is 1.63. The Bertz CT molecular complexity index is 127. The number of halogens is 1. The van der Waals surface area contributed by atoms with Crippen LogP contribution in [0.4, 0.5) is 0 Å². The highest BCUT2D eigenvalue weighted by Crippen LogP contribution is 2.10. The van der Waals surface area contributed by atoms with E-state index in [1.807, 2.05) is 13.8 Å². The molecule has 0 bridgehead atoms. The van der Waals surface area contributed by atoms with E-state index in [0.29, 0.717) is 17.9 Å². The zero-order chi connectivity index (χ0) is 7.44. The van der Waals surface area contributed by atoms with Crippen LogP contribution in [-0.4, -0.2) is 5.24 Å². The minimum absolute atomic E-state index is 0.413. The summed E-state index contributed by atoms with van der Waals surface area (Å²) in [7, 11) is 0. The second-order valence-electron chi connectivity index (χ2n) is 2.48. The van der Waals surface area contributed by atoms with Crippen LogP contribution in [0.2, 0.25) is 0 Å². The van der Waals surface area contributed by atoms with E-state index < -0.39 is 5.24 Å². The topological polar surface area (TPSA) is 17.1 Å². The summed E-state index contributed by atoms with van der Waals surface area (Å²) in [5.41, 5.74) is 0.506. The van der Waals surface area contributed by atoms with E-state index >= 15 is 0 Å². The molecule has 0 rings (SSSR count). The third-order valence-corrected chi connectivity index (χ3v) is 1.20. The first-order valence-electron chi connectivity index (χ1n) is 2.91.